The predicted molar refractivity (Wildman–Crippen MR) is 68.5 cm³/mol. The number of aromatic nitrogens is 3. The normalized spacial score (nSPS) is 16.9. The van der Waals surface area contributed by atoms with Crippen LogP contribution in [0.5, 0.6) is 0 Å². The van der Waals surface area contributed by atoms with Crippen LogP contribution in [0.15, 0.2) is 5.16 Å². The summed E-state index contributed by atoms with van der Waals surface area (Å²) in [5.41, 5.74) is 5.44. The summed E-state index contributed by atoms with van der Waals surface area (Å²) in [5, 5.41) is 17.6. The molecule has 0 fully saturated rings. The maximum atomic E-state index is 11.1. The van der Waals surface area contributed by atoms with Gasteiger partial charge in [0.1, 0.15) is 11.1 Å². The molecule has 1 atom stereocenters. The quantitative estimate of drug-likeness (QED) is 0.772. The highest BCUT2D eigenvalue weighted by Gasteiger charge is 2.23. The Kier molecular flexibility index (Phi) is 4.60. The summed E-state index contributed by atoms with van der Waals surface area (Å²) in [6.07, 6.45) is 4.81. The average molecular weight is 270 g/mol. The Morgan fingerprint density at radius 3 is 3.00 bits per heavy atom. The lowest BCUT2D eigenvalue weighted by atomic mass is 10.2. The summed E-state index contributed by atoms with van der Waals surface area (Å²) in [5.74, 6) is 0.142. The first-order valence-electron chi connectivity index (χ1n) is 6.24. The van der Waals surface area contributed by atoms with E-state index in [2.05, 4.69) is 14.8 Å². The van der Waals surface area contributed by atoms with Crippen molar-refractivity contribution in [3.8, 4) is 0 Å². The Morgan fingerprint density at radius 2 is 2.28 bits per heavy atom. The Balaban J connectivity index is 2.13. The molecule has 1 aromatic heterocycles. The molecule has 0 spiro atoms. The van der Waals surface area contributed by atoms with Crippen LogP contribution in [0.2, 0.25) is 0 Å². The largest absolute Gasteiger partial charge is 0.480 e. The van der Waals surface area contributed by atoms with Crippen LogP contribution in [0, 0.1) is 0 Å². The van der Waals surface area contributed by atoms with Crippen LogP contribution in [0.1, 0.15) is 31.5 Å². The smallest absolute Gasteiger partial charge is 0.317 e. The van der Waals surface area contributed by atoms with E-state index < -0.39 is 11.2 Å². The van der Waals surface area contributed by atoms with Gasteiger partial charge in [-0.1, -0.05) is 18.2 Å². The fraction of sp³-hybridized carbons (Fsp3) is 0.727. The topological polar surface area (TPSA) is 94.0 Å². The molecule has 1 aliphatic rings. The summed E-state index contributed by atoms with van der Waals surface area (Å²) in [4.78, 5) is 11.1. The summed E-state index contributed by atoms with van der Waals surface area (Å²) in [6, 6.07) is 0. The lowest BCUT2D eigenvalue weighted by molar-refractivity contribution is -0.136. The van der Waals surface area contributed by atoms with E-state index in [0.717, 1.165) is 31.6 Å². The Morgan fingerprint density at radius 1 is 1.44 bits per heavy atom. The van der Waals surface area contributed by atoms with Crippen molar-refractivity contribution < 1.29 is 9.90 Å². The van der Waals surface area contributed by atoms with Crippen LogP contribution in [0.25, 0.3) is 0 Å². The summed E-state index contributed by atoms with van der Waals surface area (Å²) < 4.78 is 2.06. The van der Waals surface area contributed by atoms with Crippen molar-refractivity contribution >= 4 is 17.7 Å². The van der Waals surface area contributed by atoms with Crippen molar-refractivity contribution in [2.45, 2.75) is 49.1 Å². The number of thioether (sulfide) groups is 1. The van der Waals surface area contributed by atoms with Crippen LogP contribution in [-0.4, -0.2) is 37.6 Å². The average Bonchev–Trinajstić information content (AvgIpc) is 2.58. The van der Waals surface area contributed by atoms with Gasteiger partial charge in [-0.15, -0.1) is 10.2 Å². The highest BCUT2D eigenvalue weighted by molar-refractivity contribution is 8.00. The van der Waals surface area contributed by atoms with Crippen LogP contribution in [0.4, 0.5) is 0 Å². The summed E-state index contributed by atoms with van der Waals surface area (Å²) in [6.45, 7) is 1.25. The number of carboxylic acid groups (broad SMARTS) is 1. The molecule has 100 valence electrons. The molecule has 1 aliphatic heterocycles. The second-order valence-corrected chi connectivity index (χ2v) is 5.55. The zero-order valence-corrected chi connectivity index (χ0v) is 11.0. The maximum absolute atomic E-state index is 11.1. The molecule has 0 amide bonds. The number of rotatable bonds is 5. The van der Waals surface area contributed by atoms with Gasteiger partial charge in [0.2, 0.25) is 0 Å². The predicted octanol–water partition coefficient (Wildman–Crippen LogP) is 0.899. The number of carboxylic acids is 1. The van der Waals surface area contributed by atoms with E-state index in [-0.39, 0.29) is 0 Å². The number of carbonyl (C=O) groups is 1. The van der Waals surface area contributed by atoms with Gasteiger partial charge in [0.15, 0.2) is 5.16 Å². The fourth-order valence-electron chi connectivity index (χ4n) is 2.06. The molecule has 0 saturated heterocycles. The van der Waals surface area contributed by atoms with Gasteiger partial charge in [0.05, 0.1) is 0 Å². The molecule has 7 heteroatoms. The first kappa shape index (κ1) is 13.4. The Hall–Kier alpha value is -1.08. The third-order valence-electron chi connectivity index (χ3n) is 3.03. The minimum Gasteiger partial charge on any atom is -0.480 e. The molecule has 6 nitrogen and oxygen atoms in total. The second-order valence-electron chi connectivity index (χ2n) is 4.38. The molecule has 0 saturated carbocycles. The van der Waals surface area contributed by atoms with Crippen molar-refractivity contribution in [3.63, 3.8) is 0 Å². The number of nitrogens with zero attached hydrogens (tertiary/aromatic N) is 3. The molecule has 2 heterocycles. The molecule has 3 N–H and O–H groups in total. The van der Waals surface area contributed by atoms with Gasteiger partial charge in [-0.05, 0) is 25.8 Å². The number of hydrogen-bond acceptors (Lipinski definition) is 5. The van der Waals surface area contributed by atoms with Gasteiger partial charge < -0.3 is 15.4 Å². The van der Waals surface area contributed by atoms with Crippen LogP contribution < -0.4 is 5.73 Å². The maximum Gasteiger partial charge on any atom is 0.317 e. The zero-order valence-electron chi connectivity index (χ0n) is 10.2. The van der Waals surface area contributed by atoms with Crippen molar-refractivity contribution in [1.29, 1.82) is 0 Å². The number of fused-ring (bicyclic) bond motifs is 1. The van der Waals surface area contributed by atoms with E-state index in [1.54, 1.807) is 0 Å². The molecule has 0 bridgehead atoms. The molecule has 1 unspecified atom stereocenters. The second kappa shape index (κ2) is 6.19. The highest BCUT2D eigenvalue weighted by Crippen LogP contribution is 2.26. The van der Waals surface area contributed by atoms with Gasteiger partial charge >= 0.3 is 5.97 Å². The number of aryl methyl sites for hydroxylation is 1. The minimum atomic E-state index is -0.837. The molecule has 2 rings (SSSR count). The molecular formula is C11H18N4O2S. The van der Waals surface area contributed by atoms with Gasteiger partial charge in [-0.2, -0.15) is 0 Å². The zero-order chi connectivity index (χ0) is 13.0. The van der Waals surface area contributed by atoms with Gasteiger partial charge in [0, 0.05) is 13.0 Å². The van der Waals surface area contributed by atoms with Crippen molar-refractivity contribution in [2.24, 2.45) is 5.73 Å². The monoisotopic (exact) mass is 270 g/mol. The van der Waals surface area contributed by atoms with Gasteiger partial charge in [-0.3, -0.25) is 4.79 Å². The number of hydrogen-bond donors (Lipinski definition) is 2. The van der Waals surface area contributed by atoms with Crippen molar-refractivity contribution in [1.82, 2.24) is 14.8 Å². The first-order valence-corrected chi connectivity index (χ1v) is 7.12. The van der Waals surface area contributed by atoms with E-state index in [9.17, 15) is 4.79 Å². The van der Waals surface area contributed by atoms with Crippen LogP contribution in [0.3, 0.4) is 0 Å². The summed E-state index contributed by atoms with van der Waals surface area (Å²) in [7, 11) is 0. The molecular weight excluding hydrogens is 252 g/mol. The third kappa shape index (κ3) is 3.02. The van der Waals surface area contributed by atoms with E-state index >= 15 is 0 Å². The van der Waals surface area contributed by atoms with E-state index in [1.165, 1.54) is 18.2 Å². The Bertz CT molecular complexity index is 421. The molecule has 1 aromatic rings. The lowest BCUT2D eigenvalue weighted by Crippen LogP contribution is -2.21. The summed E-state index contributed by atoms with van der Waals surface area (Å²) >= 11 is 1.26. The Labute approximate surface area is 110 Å². The van der Waals surface area contributed by atoms with Crippen LogP contribution in [-0.2, 0) is 17.8 Å². The highest BCUT2D eigenvalue weighted by atomic mass is 32.2. The minimum absolute atomic E-state index is 0.366. The van der Waals surface area contributed by atoms with Crippen molar-refractivity contribution in [2.75, 3.05) is 6.54 Å². The molecule has 0 radical (unpaired) electrons. The molecule has 0 aliphatic carbocycles. The number of aliphatic carboxylic acids is 1. The third-order valence-corrected chi connectivity index (χ3v) is 4.26. The van der Waals surface area contributed by atoms with Gasteiger partial charge in [0.25, 0.3) is 0 Å². The van der Waals surface area contributed by atoms with Gasteiger partial charge in [-0.25, -0.2) is 0 Å². The van der Waals surface area contributed by atoms with E-state index in [0.29, 0.717) is 18.1 Å². The SMILES string of the molecule is NCCC(Sc1nnc2n1CCCCC2)C(=O)O. The van der Waals surface area contributed by atoms with Crippen molar-refractivity contribution in [3.05, 3.63) is 5.82 Å². The van der Waals surface area contributed by atoms with Crippen LogP contribution >= 0.6 is 11.8 Å². The lowest BCUT2D eigenvalue weighted by Gasteiger charge is -2.11. The number of nitrogens with two attached hydrogens (primary N) is 1. The standard InChI is InChI=1S/C11H18N4O2S/c12-6-5-8(10(16)17)18-11-14-13-9-4-2-1-3-7-15(9)11/h8H,1-7,12H2,(H,16,17). The first-order chi connectivity index (χ1) is 8.72. The van der Waals surface area contributed by atoms with E-state index in [1.807, 2.05) is 0 Å². The molecule has 18 heavy (non-hydrogen) atoms. The molecule has 0 aromatic carbocycles. The fourth-order valence-corrected chi connectivity index (χ4v) is 3.08. The van der Waals surface area contributed by atoms with E-state index in [4.69, 9.17) is 10.8 Å².